The molecule has 3 heteroatoms. The van der Waals surface area contributed by atoms with Gasteiger partial charge < -0.3 is 4.57 Å². The van der Waals surface area contributed by atoms with E-state index in [1.807, 2.05) is 22.9 Å². The Morgan fingerprint density at radius 3 is 3.00 bits per heavy atom. The molecule has 0 amide bonds. The summed E-state index contributed by atoms with van der Waals surface area (Å²) in [4.78, 5) is 0. The van der Waals surface area contributed by atoms with Crippen molar-refractivity contribution in [2.75, 3.05) is 5.33 Å². The number of nitrogens with zero attached hydrogens (tertiary/aromatic N) is 2. The summed E-state index contributed by atoms with van der Waals surface area (Å²) < 4.78 is 1.99. The van der Waals surface area contributed by atoms with Gasteiger partial charge in [0.1, 0.15) is 11.8 Å². The van der Waals surface area contributed by atoms with E-state index in [-0.39, 0.29) is 0 Å². The average molecular weight is 227 g/mol. The molecule has 0 unspecified atom stereocenters. The Bertz CT molecular complexity index is 272. The smallest absolute Gasteiger partial charge is 0.120 e. The minimum absolute atomic E-state index is 0.754. The summed E-state index contributed by atoms with van der Waals surface area (Å²) in [6, 6.07) is 5.90. The number of unbranched alkanes of at least 4 members (excludes halogenated alkanes) is 1. The number of nitriles is 1. The van der Waals surface area contributed by atoms with Gasteiger partial charge in [-0.25, -0.2) is 0 Å². The van der Waals surface area contributed by atoms with Crippen molar-refractivity contribution in [3.8, 4) is 6.07 Å². The monoisotopic (exact) mass is 226 g/mol. The fraction of sp³-hybridized carbons (Fsp3) is 0.444. The van der Waals surface area contributed by atoms with Gasteiger partial charge in [-0.05, 0) is 25.0 Å². The Hall–Kier alpha value is -0.750. The van der Waals surface area contributed by atoms with Crippen molar-refractivity contribution in [1.29, 1.82) is 5.26 Å². The number of rotatable bonds is 4. The van der Waals surface area contributed by atoms with E-state index in [4.69, 9.17) is 5.26 Å². The van der Waals surface area contributed by atoms with Crippen LogP contribution < -0.4 is 0 Å². The van der Waals surface area contributed by atoms with Crippen LogP contribution in [0.25, 0.3) is 0 Å². The zero-order valence-electron chi connectivity index (χ0n) is 6.83. The molecule has 1 aromatic rings. The van der Waals surface area contributed by atoms with Crippen LogP contribution in [-0.2, 0) is 6.54 Å². The van der Waals surface area contributed by atoms with Crippen LogP contribution in [-0.4, -0.2) is 9.90 Å². The first-order valence-electron chi connectivity index (χ1n) is 3.99. The molecular formula is C9H11BrN2. The second-order valence-electron chi connectivity index (χ2n) is 2.59. The van der Waals surface area contributed by atoms with Crippen LogP contribution in [0, 0.1) is 11.3 Å². The van der Waals surface area contributed by atoms with Gasteiger partial charge in [-0.2, -0.15) is 5.26 Å². The fourth-order valence-corrected chi connectivity index (χ4v) is 1.48. The lowest BCUT2D eigenvalue weighted by Crippen LogP contribution is -1.98. The lowest BCUT2D eigenvalue weighted by molar-refractivity contribution is 0.634. The molecule has 0 atom stereocenters. The molecule has 1 heterocycles. The van der Waals surface area contributed by atoms with Gasteiger partial charge in [0, 0.05) is 18.1 Å². The van der Waals surface area contributed by atoms with Gasteiger partial charge in [0.15, 0.2) is 0 Å². The molecule has 2 nitrogen and oxygen atoms in total. The summed E-state index contributed by atoms with van der Waals surface area (Å²) in [6.45, 7) is 0.946. The van der Waals surface area contributed by atoms with Crippen molar-refractivity contribution < 1.29 is 0 Å². The predicted molar refractivity (Wildman–Crippen MR) is 52.2 cm³/mol. The van der Waals surface area contributed by atoms with Crippen molar-refractivity contribution in [3.63, 3.8) is 0 Å². The summed E-state index contributed by atoms with van der Waals surface area (Å²) in [5, 5.41) is 9.72. The number of halogens is 1. The summed E-state index contributed by atoms with van der Waals surface area (Å²) in [6.07, 6.45) is 4.23. The number of alkyl halides is 1. The number of aromatic nitrogens is 1. The molecule has 12 heavy (non-hydrogen) atoms. The molecule has 64 valence electrons. The Morgan fingerprint density at radius 2 is 2.33 bits per heavy atom. The summed E-state index contributed by atoms with van der Waals surface area (Å²) in [5.41, 5.74) is 0.754. The van der Waals surface area contributed by atoms with E-state index in [0.29, 0.717) is 0 Å². The summed E-state index contributed by atoms with van der Waals surface area (Å²) in [7, 11) is 0. The van der Waals surface area contributed by atoms with Crippen molar-refractivity contribution in [1.82, 2.24) is 4.57 Å². The predicted octanol–water partition coefficient (Wildman–Crippen LogP) is 2.53. The molecule has 0 aliphatic rings. The largest absolute Gasteiger partial charge is 0.339 e. The normalized spacial score (nSPS) is 9.67. The second kappa shape index (κ2) is 5.00. The van der Waals surface area contributed by atoms with Gasteiger partial charge in [-0.15, -0.1) is 0 Å². The van der Waals surface area contributed by atoms with E-state index < -0.39 is 0 Å². The van der Waals surface area contributed by atoms with Crippen LogP contribution >= 0.6 is 15.9 Å². The van der Waals surface area contributed by atoms with Gasteiger partial charge in [-0.1, -0.05) is 15.9 Å². The maximum absolute atomic E-state index is 8.68. The van der Waals surface area contributed by atoms with Gasteiger partial charge in [0.25, 0.3) is 0 Å². The Balaban J connectivity index is 2.46. The van der Waals surface area contributed by atoms with E-state index >= 15 is 0 Å². The molecule has 1 rings (SSSR count). The quantitative estimate of drug-likeness (QED) is 0.573. The van der Waals surface area contributed by atoms with E-state index in [2.05, 4.69) is 22.0 Å². The molecule has 0 aliphatic heterocycles. The lowest BCUT2D eigenvalue weighted by Gasteiger charge is -2.02. The molecule has 0 radical (unpaired) electrons. The lowest BCUT2D eigenvalue weighted by atomic mass is 10.3. The molecule has 0 fully saturated rings. The van der Waals surface area contributed by atoms with Crippen LogP contribution in [0.1, 0.15) is 18.5 Å². The first-order chi connectivity index (χ1) is 5.88. The first-order valence-corrected chi connectivity index (χ1v) is 5.12. The van der Waals surface area contributed by atoms with E-state index in [0.717, 1.165) is 30.4 Å². The van der Waals surface area contributed by atoms with Crippen molar-refractivity contribution in [2.24, 2.45) is 0 Å². The molecule has 0 aromatic carbocycles. The molecule has 1 aromatic heterocycles. The van der Waals surface area contributed by atoms with Crippen LogP contribution in [0.3, 0.4) is 0 Å². The van der Waals surface area contributed by atoms with Crippen LogP contribution in [0.2, 0.25) is 0 Å². The molecule has 0 bridgehead atoms. The van der Waals surface area contributed by atoms with E-state index in [9.17, 15) is 0 Å². The zero-order chi connectivity index (χ0) is 8.81. The van der Waals surface area contributed by atoms with Gasteiger partial charge in [0.2, 0.25) is 0 Å². The minimum Gasteiger partial charge on any atom is -0.339 e. The molecule has 0 saturated carbocycles. The van der Waals surface area contributed by atoms with Gasteiger partial charge in [-0.3, -0.25) is 0 Å². The molecule has 0 N–H and O–H groups in total. The van der Waals surface area contributed by atoms with Crippen LogP contribution in [0.4, 0.5) is 0 Å². The fourth-order valence-electron chi connectivity index (χ4n) is 1.09. The van der Waals surface area contributed by atoms with Gasteiger partial charge >= 0.3 is 0 Å². The minimum atomic E-state index is 0.754. The maximum Gasteiger partial charge on any atom is 0.120 e. The third-order valence-corrected chi connectivity index (χ3v) is 2.29. The highest BCUT2D eigenvalue weighted by Crippen LogP contribution is 2.03. The van der Waals surface area contributed by atoms with Crippen molar-refractivity contribution in [2.45, 2.75) is 19.4 Å². The highest BCUT2D eigenvalue weighted by Gasteiger charge is 1.97. The van der Waals surface area contributed by atoms with Crippen LogP contribution in [0.15, 0.2) is 18.3 Å². The average Bonchev–Trinajstić information content (AvgIpc) is 2.52. The Labute approximate surface area is 80.9 Å². The molecular weight excluding hydrogens is 216 g/mol. The second-order valence-corrected chi connectivity index (χ2v) is 3.39. The first kappa shape index (κ1) is 9.34. The number of hydrogen-bond acceptors (Lipinski definition) is 1. The Kier molecular flexibility index (Phi) is 3.89. The summed E-state index contributed by atoms with van der Waals surface area (Å²) >= 11 is 3.37. The highest BCUT2D eigenvalue weighted by molar-refractivity contribution is 9.09. The van der Waals surface area contributed by atoms with E-state index in [1.54, 1.807) is 0 Å². The third kappa shape index (κ3) is 2.38. The molecule has 0 spiro atoms. The van der Waals surface area contributed by atoms with Crippen LogP contribution in [0.5, 0.6) is 0 Å². The Morgan fingerprint density at radius 1 is 1.50 bits per heavy atom. The zero-order valence-corrected chi connectivity index (χ0v) is 8.42. The molecule has 0 saturated heterocycles. The maximum atomic E-state index is 8.68. The highest BCUT2D eigenvalue weighted by atomic mass is 79.9. The SMILES string of the molecule is N#Cc1cccn1CCCCBr. The van der Waals surface area contributed by atoms with Crippen molar-refractivity contribution in [3.05, 3.63) is 24.0 Å². The number of aryl methyl sites for hydroxylation is 1. The number of hydrogen-bond donors (Lipinski definition) is 0. The summed E-state index contributed by atoms with van der Waals surface area (Å²) in [5.74, 6) is 0. The van der Waals surface area contributed by atoms with E-state index in [1.165, 1.54) is 0 Å². The topological polar surface area (TPSA) is 28.7 Å². The third-order valence-electron chi connectivity index (χ3n) is 1.73. The van der Waals surface area contributed by atoms with Crippen molar-refractivity contribution >= 4 is 15.9 Å². The standard InChI is InChI=1S/C9H11BrN2/c10-5-1-2-6-12-7-3-4-9(12)8-11/h3-4,7H,1-2,5-6H2. The van der Waals surface area contributed by atoms with Gasteiger partial charge in [0.05, 0.1) is 0 Å². The molecule has 0 aliphatic carbocycles.